The lowest BCUT2D eigenvalue weighted by Gasteiger charge is -2.42. The maximum absolute atomic E-state index is 12.3. The van der Waals surface area contributed by atoms with E-state index < -0.39 is 11.5 Å². The molecule has 1 saturated heterocycles. The predicted molar refractivity (Wildman–Crippen MR) is 74.0 cm³/mol. The topological polar surface area (TPSA) is 69.6 Å². The summed E-state index contributed by atoms with van der Waals surface area (Å²) in [5, 5.41) is 12.3. The van der Waals surface area contributed by atoms with Gasteiger partial charge in [-0.2, -0.15) is 0 Å². The summed E-state index contributed by atoms with van der Waals surface area (Å²) in [6, 6.07) is -0.199. The fourth-order valence-electron chi connectivity index (χ4n) is 2.44. The van der Waals surface area contributed by atoms with E-state index in [0.29, 0.717) is 18.9 Å². The summed E-state index contributed by atoms with van der Waals surface area (Å²) in [5.41, 5.74) is -1.07. The second-order valence-electron chi connectivity index (χ2n) is 5.81. The minimum atomic E-state index is -1.07. The van der Waals surface area contributed by atoms with E-state index in [4.69, 9.17) is 0 Å². The molecule has 1 fully saturated rings. The monoisotopic (exact) mass is 270 g/mol. The van der Waals surface area contributed by atoms with Crippen molar-refractivity contribution in [2.45, 2.75) is 65.0 Å². The first-order valence-electron chi connectivity index (χ1n) is 7.14. The van der Waals surface area contributed by atoms with E-state index >= 15 is 0 Å². The summed E-state index contributed by atoms with van der Waals surface area (Å²) in [4.78, 5) is 25.2. The summed E-state index contributed by atoms with van der Waals surface area (Å²) in [6.45, 7) is 8.28. The number of urea groups is 1. The Morgan fingerprint density at radius 2 is 2.00 bits per heavy atom. The molecule has 1 rings (SSSR count). The van der Waals surface area contributed by atoms with Crippen LogP contribution in [-0.4, -0.2) is 40.1 Å². The first-order chi connectivity index (χ1) is 8.82. The van der Waals surface area contributed by atoms with Gasteiger partial charge in [0.25, 0.3) is 0 Å². The minimum absolute atomic E-state index is 0.0532. The van der Waals surface area contributed by atoms with E-state index in [1.165, 1.54) is 4.90 Å². The summed E-state index contributed by atoms with van der Waals surface area (Å²) in [6.07, 6.45) is 3.23. The third-order valence-corrected chi connectivity index (χ3v) is 4.45. The quantitative estimate of drug-likeness (QED) is 0.824. The fraction of sp³-hybridized carbons (Fsp3) is 0.857. The van der Waals surface area contributed by atoms with Crippen LogP contribution in [0.1, 0.15) is 53.4 Å². The number of carbonyl (C=O) groups excluding carboxylic acids is 1. The van der Waals surface area contributed by atoms with Crippen LogP contribution in [-0.2, 0) is 4.79 Å². The maximum Gasteiger partial charge on any atom is 0.329 e. The number of hydrogen-bond donors (Lipinski definition) is 2. The van der Waals surface area contributed by atoms with Gasteiger partial charge < -0.3 is 15.3 Å². The zero-order valence-electron chi connectivity index (χ0n) is 12.4. The molecule has 0 aliphatic carbocycles. The molecule has 2 amide bonds. The first kappa shape index (κ1) is 15.8. The lowest BCUT2D eigenvalue weighted by atomic mass is 9.89. The molecule has 110 valence electrons. The number of nitrogens with one attached hydrogen (secondary N) is 1. The number of carbonyl (C=O) groups is 2. The average molecular weight is 270 g/mol. The Labute approximate surface area is 115 Å². The minimum Gasteiger partial charge on any atom is -0.480 e. The van der Waals surface area contributed by atoms with Crippen molar-refractivity contribution in [2.24, 2.45) is 5.92 Å². The molecular formula is C14H26N2O3. The molecule has 3 unspecified atom stereocenters. The highest BCUT2D eigenvalue weighted by atomic mass is 16.4. The van der Waals surface area contributed by atoms with Gasteiger partial charge in [-0.15, -0.1) is 0 Å². The van der Waals surface area contributed by atoms with Crippen molar-refractivity contribution in [3.8, 4) is 0 Å². The average Bonchev–Trinajstić information content (AvgIpc) is 2.37. The lowest BCUT2D eigenvalue weighted by Crippen LogP contribution is -2.61. The predicted octanol–water partition coefficient (Wildman–Crippen LogP) is 2.46. The third-order valence-electron chi connectivity index (χ3n) is 4.45. The lowest BCUT2D eigenvalue weighted by molar-refractivity contribution is -0.150. The van der Waals surface area contributed by atoms with Crippen LogP contribution in [0.25, 0.3) is 0 Å². The molecule has 3 atom stereocenters. The Morgan fingerprint density at radius 1 is 1.37 bits per heavy atom. The maximum atomic E-state index is 12.3. The molecule has 0 aromatic rings. The van der Waals surface area contributed by atoms with Gasteiger partial charge in [0.05, 0.1) is 0 Å². The number of aliphatic carboxylic acids is 1. The molecule has 5 heteroatoms. The van der Waals surface area contributed by atoms with Crippen LogP contribution in [0, 0.1) is 5.92 Å². The Bertz CT molecular complexity index is 346. The Balaban J connectivity index is 2.76. The third kappa shape index (κ3) is 3.39. The SMILES string of the molecule is CCC(C)C(C)NC(=O)N1CCCCC1(C)C(=O)O. The molecule has 0 aromatic carbocycles. The standard InChI is InChI=1S/C14H26N2O3/c1-5-10(2)11(3)15-13(19)16-9-7-6-8-14(16,4)12(17)18/h10-11H,5-9H2,1-4H3,(H,15,19)(H,17,18). The van der Waals surface area contributed by atoms with Gasteiger partial charge in [-0.1, -0.05) is 20.3 Å². The summed E-state index contributed by atoms with van der Waals surface area (Å²) in [7, 11) is 0. The van der Waals surface area contributed by atoms with Crippen LogP contribution in [0.4, 0.5) is 4.79 Å². The number of hydrogen-bond acceptors (Lipinski definition) is 2. The molecule has 0 radical (unpaired) electrons. The molecule has 1 heterocycles. The molecule has 0 saturated carbocycles. The number of nitrogens with zero attached hydrogens (tertiary/aromatic N) is 1. The first-order valence-corrected chi connectivity index (χ1v) is 7.14. The molecule has 0 bridgehead atoms. The highest BCUT2D eigenvalue weighted by molar-refractivity contribution is 5.86. The molecule has 0 aromatic heterocycles. The zero-order chi connectivity index (χ0) is 14.6. The number of carboxylic acids is 1. The zero-order valence-corrected chi connectivity index (χ0v) is 12.4. The van der Waals surface area contributed by atoms with E-state index in [1.54, 1.807) is 6.92 Å². The number of likely N-dealkylation sites (tertiary alicyclic amines) is 1. The smallest absolute Gasteiger partial charge is 0.329 e. The number of carboxylic acid groups (broad SMARTS) is 1. The molecule has 1 aliphatic heterocycles. The van der Waals surface area contributed by atoms with Gasteiger partial charge in [-0.3, -0.25) is 0 Å². The molecule has 0 spiro atoms. The van der Waals surface area contributed by atoms with Crippen LogP contribution in [0.3, 0.4) is 0 Å². The second-order valence-corrected chi connectivity index (χ2v) is 5.81. The van der Waals surface area contributed by atoms with Gasteiger partial charge >= 0.3 is 12.0 Å². The van der Waals surface area contributed by atoms with E-state index in [0.717, 1.165) is 19.3 Å². The van der Waals surface area contributed by atoms with Gasteiger partial charge in [0.1, 0.15) is 5.54 Å². The van der Waals surface area contributed by atoms with Crippen LogP contribution >= 0.6 is 0 Å². The summed E-state index contributed by atoms with van der Waals surface area (Å²) >= 11 is 0. The van der Waals surface area contributed by atoms with Gasteiger partial charge in [-0.25, -0.2) is 9.59 Å². The number of piperidine rings is 1. The van der Waals surface area contributed by atoms with Gasteiger partial charge in [-0.05, 0) is 39.0 Å². The van der Waals surface area contributed by atoms with Crippen molar-refractivity contribution in [1.29, 1.82) is 0 Å². The fourth-order valence-corrected chi connectivity index (χ4v) is 2.44. The van der Waals surface area contributed by atoms with Crippen molar-refractivity contribution >= 4 is 12.0 Å². The van der Waals surface area contributed by atoms with E-state index in [1.807, 2.05) is 6.92 Å². The van der Waals surface area contributed by atoms with Gasteiger partial charge in [0, 0.05) is 12.6 Å². The Kier molecular flexibility index (Phi) is 5.20. The summed E-state index contributed by atoms with van der Waals surface area (Å²) in [5.74, 6) is -0.539. The number of amides is 2. The second kappa shape index (κ2) is 6.26. The van der Waals surface area contributed by atoms with Gasteiger partial charge in [0.15, 0.2) is 0 Å². The van der Waals surface area contributed by atoms with Crippen LogP contribution < -0.4 is 5.32 Å². The summed E-state index contributed by atoms with van der Waals surface area (Å²) < 4.78 is 0. The van der Waals surface area contributed by atoms with Crippen molar-refractivity contribution in [2.75, 3.05) is 6.54 Å². The van der Waals surface area contributed by atoms with E-state index in [2.05, 4.69) is 19.2 Å². The highest BCUT2D eigenvalue weighted by Gasteiger charge is 2.44. The molecule has 1 aliphatic rings. The van der Waals surface area contributed by atoms with E-state index in [9.17, 15) is 14.7 Å². The highest BCUT2D eigenvalue weighted by Crippen LogP contribution is 2.28. The number of rotatable bonds is 4. The molecular weight excluding hydrogens is 244 g/mol. The van der Waals surface area contributed by atoms with Gasteiger partial charge in [0.2, 0.25) is 0 Å². The van der Waals surface area contributed by atoms with Crippen molar-refractivity contribution in [3.05, 3.63) is 0 Å². The Morgan fingerprint density at radius 3 is 2.53 bits per heavy atom. The Hall–Kier alpha value is -1.26. The van der Waals surface area contributed by atoms with Crippen LogP contribution in [0.5, 0.6) is 0 Å². The van der Waals surface area contributed by atoms with Crippen molar-refractivity contribution in [3.63, 3.8) is 0 Å². The largest absolute Gasteiger partial charge is 0.480 e. The van der Waals surface area contributed by atoms with Crippen LogP contribution in [0.15, 0.2) is 0 Å². The normalized spacial score (nSPS) is 26.6. The van der Waals surface area contributed by atoms with E-state index in [-0.39, 0.29) is 12.1 Å². The van der Waals surface area contributed by atoms with Crippen molar-refractivity contribution < 1.29 is 14.7 Å². The van der Waals surface area contributed by atoms with Crippen molar-refractivity contribution in [1.82, 2.24) is 10.2 Å². The molecule has 19 heavy (non-hydrogen) atoms. The van der Waals surface area contributed by atoms with Crippen LogP contribution in [0.2, 0.25) is 0 Å². The molecule has 5 nitrogen and oxygen atoms in total. The molecule has 2 N–H and O–H groups in total.